The highest BCUT2D eigenvalue weighted by molar-refractivity contribution is 9.10. The van der Waals surface area contributed by atoms with Gasteiger partial charge in [0.2, 0.25) is 5.91 Å². The molecule has 0 aliphatic heterocycles. The van der Waals surface area contributed by atoms with E-state index in [0.29, 0.717) is 6.54 Å². The maximum Gasteiger partial charge on any atom is 0.228 e. The number of pyridine rings is 1. The Morgan fingerprint density at radius 1 is 1.47 bits per heavy atom. The quantitative estimate of drug-likeness (QED) is 0.835. The molecule has 106 valence electrons. The standard InChI is InChI=1S/C14H22BrN3O/c1-9-11(5-6-12(15)17-9)18-13(19)10(8-16)7-14(2,3)4/h5-6,10H,7-8,16H2,1-4H3,(H,18,19). The summed E-state index contributed by atoms with van der Waals surface area (Å²) < 4.78 is 0.757. The molecule has 1 amide bonds. The van der Waals surface area contributed by atoms with E-state index in [0.717, 1.165) is 22.4 Å². The number of nitrogens with zero attached hydrogens (tertiary/aromatic N) is 1. The normalized spacial score (nSPS) is 13.2. The molecule has 0 saturated carbocycles. The van der Waals surface area contributed by atoms with Crippen LogP contribution in [0.15, 0.2) is 16.7 Å². The van der Waals surface area contributed by atoms with Crippen molar-refractivity contribution in [3.8, 4) is 0 Å². The molecule has 1 heterocycles. The number of aromatic nitrogens is 1. The molecule has 19 heavy (non-hydrogen) atoms. The summed E-state index contributed by atoms with van der Waals surface area (Å²) in [6, 6.07) is 3.65. The van der Waals surface area contributed by atoms with Crippen LogP contribution in [0.4, 0.5) is 5.69 Å². The number of nitrogens with one attached hydrogen (secondary N) is 1. The summed E-state index contributed by atoms with van der Waals surface area (Å²) in [4.78, 5) is 16.5. The van der Waals surface area contributed by atoms with Crippen molar-refractivity contribution in [3.05, 3.63) is 22.4 Å². The molecule has 0 radical (unpaired) electrons. The lowest BCUT2D eigenvalue weighted by Crippen LogP contribution is -2.32. The molecule has 1 aromatic heterocycles. The third kappa shape index (κ3) is 5.28. The molecule has 0 saturated heterocycles. The molecule has 1 atom stereocenters. The molecule has 1 rings (SSSR count). The van der Waals surface area contributed by atoms with Crippen molar-refractivity contribution >= 4 is 27.5 Å². The Hall–Kier alpha value is -0.940. The van der Waals surface area contributed by atoms with Gasteiger partial charge in [0.1, 0.15) is 4.60 Å². The highest BCUT2D eigenvalue weighted by Gasteiger charge is 2.24. The monoisotopic (exact) mass is 327 g/mol. The fraction of sp³-hybridized carbons (Fsp3) is 0.571. The van der Waals surface area contributed by atoms with Crippen LogP contribution in [0.25, 0.3) is 0 Å². The van der Waals surface area contributed by atoms with Crippen molar-refractivity contribution in [1.29, 1.82) is 0 Å². The summed E-state index contributed by atoms with van der Waals surface area (Å²) in [7, 11) is 0. The number of aryl methyl sites for hydroxylation is 1. The van der Waals surface area contributed by atoms with E-state index in [9.17, 15) is 4.79 Å². The SMILES string of the molecule is Cc1nc(Br)ccc1NC(=O)C(CN)CC(C)(C)C. The Kier molecular flexibility index (Phi) is 5.50. The van der Waals surface area contributed by atoms with Crippen LogP contribution < -0.4 is 11.1 Å². The van der Waals surface area contributed by atoms with Gasteiger partial charge in [-0.05, 0) is 46.8 Å². The molecule has 0 bridgehead atoms. The summed E-state index contributed by atoms with van der Waals surface area (Å²) in [5.41, 5.74) is 7.31. The van der Waals surface area contributed by atoms with Crippen LogP contribution in [0.3, 0.4) is 0 Å². The molecule has 3 N–H and O–H groups in total. The summed E-state index contributed by atoms with van der Waals surface area (Å²) in [6.07, 6.45) is 0.762. The van der Waals surface area contributed by atoms with Crippen molar-refractivity contribution < 1.29 is 4.79 Å². The fourth-order valence-electron chi connectivity index (χ4n) is 1.92. The second-order valence-corrected chi connectivity index (χ2v) is 6.77. The topological polar surface area (TPSA) is 68.0 Å². The second kappa shape index (κ2) is 6.48. The maximum absolute atomic E-state index is 12.2. The Bertz CT molecular complexity index is 454. The highest BCUT2D eigenvalue weighted by atomic mass is 79.9. The van der Waals surface area contributed by atoms with Gasteiger partial charge in [-0.2, -0.15) is 0 Å². The Morgan fingerprint density at radius 3 is 2.58 bits per heavy atom. The van der Waals surface area contributed by atoms with Crippen LogP contribution in [-0.2, 0) is 4.79 Å². The van der Waals surface area contributed by atoms with Gasteiger partial charge in [0.05, 0.1) is 17.3 Å². The first-order chi connectivity index (χ1) is 8.73. The van der Waals surface area contributed by atoms with E-state index < -0.39 is 0 Å². The van der Waals surface area contributed by atoms with Crippen molar-refractivity contribution in [3.63, 3.8) is 0 Å². The van der Waals surface area contributed by atoms with E-state index in [4.69, 9.17) is 5.73 Å². The van der Waals surface area contributed by atoms with E-state index >= 15 is 0 Å². The minimum absolute atomic E-state index is 0.0374. The van der Waals surface area contributed by atoms with Crippen LogP contribution in [0.5, 0.6) is 0 Å². The third-order valence-electron chi connectivity index (χ3n) is 2.82. The molecule has 0 aliphatic carbocycles. The van der Waals surface area contributed by atoms with Crippen molar-refractivity contribution in [2.24, 2.45) is 17.1 Å². The van der Waals surface area contributed by atoms with Gasteiger partial charge in [-0.1, -0.05) is 20.8 Å². The Morgan fingerprint density at radius 2 is 2.11 bits per heavy atom. The van der Waals surface area contributed by atoms with Crippen molar-refractivity contribution in [2.75, 3.05) is 11.9 Å². The van der Waals surface area contributed by atoms with Gasteiger partial charge in [0.15, 0.2) is 0 Å². The van der Waals surface area contributed by atoms with Crippen LogP contribution in [0, 0.1) is 18.3 Å². The molecular weight excluding hydrogens is 306 g/mol. The number of carbonyl (C=O) groups excluding carboxylic acids is 1. The van der Waals surface area contributed by atoms with Gasteiger partial charge in [0, 0.05) is 6.54 Å². The van der Waals surface area contributed by atoms with E-state index in [1.165, 1.54) is 0 Å². The van der Waals surface area contributed by atoms with Crippen LogP contribution >= 0.6 is 15.9 Å². The van der Waals surface area contributed by atoms with Crippen LogP contribution in [-0.4, -0.2) is 17.4 Å². The van der Waals surface area contributed by atoms with Crippen molar-refractivity contribution in [1.82, 2.24) is 4.98 Å². The molecule has 4 nitrogen and oxygen atoms in total. The summed E-state index contributed by atoms with van der Waals surface area (Å²) in [5, 5.41) is 2.91. The number of rotatable bonds is 4. The van der Waals surface area contributed by atoms with E-state index in [1.54, 1.807) is 0 Å². The third-order valence-corrected chi connectivity index (χ3v) is 3.27. The van der Waals surface area contributed by atoms with E-state index in [1.807, 2.05) is 19.1 Å². The lowest BCUT2D eigenvalue weighted by Gasteiger charge is -2.24. The lowest BCUT2D eigenvalue weighted by atomic mass is 9.84. The van der Waals surface area contributed by atoms with Gasteiger partial charge in [0.25, 0.3) is 0 Å². The largest absolute Gasteiger partial charge is 0.330 e. The van der Waals surface area contributed by atoms with Crippen molar-refractivity contribution in [2.45, 2.75) is 34.1 Å². The first kappa shape index (κ1) is 16.1. The summed E-state index contributed by atoms with van der Waals surface area (Å²) in [6.45, 7) is 8.54. The Balaban J connectivity index is 2.77. The number of amides is 1. The number of hydrogen-bond acceptors (Lipinski definition) is 3. The second-order valence-electron chi connectivity index (χ2n) is 5.95. The Labute approximate surface area is 123 Å². The zero-order valence-corrected chi connectivity index (χ0v) is 13.5. The smallest absolute Gasteiger partial charge is 0.228 e. The molecule has 0 fully saturated rings. The predicted molar refractivity (Wildman–Crippen MR) is 81.9 cm³/mol. The minimum Gasteiger partial charge on any atom is -0.330 e. The van der Waals surface area contributed by atoms with Gasteiger partial charge < -0.3 is 11.1 Å². The average molecular weight is 328 g/mol. The van der Waals surface area contributed by atoms with E-state index in [-0.39, 0.29) is 17.2 Å². The lowest BCUT2D eigenvalue weighted by molar-refractivity contribution is -0.120. The zero-order valence-electron chi connectivity index (χ0n) is 12.0. The summed E-state index contributed by atoms with van der Waals surface area (Å²) in [5.74, 6) is -0.215. The molecule has 0 aliphatic rings. The molecular formula is C14H22BrN3O. The van der Waals surface area contributed by atoms with E-state index in [2.05, 4.69) is 47.0 Å². The highest BCUT2D eigenvalue weighted by Crippen LogP contribution is 2.25. The van der Waals surface area contributed by atoms with Gasteiger partial charge in [-0.3, -0.25) is 4.79 Å². The molecule has 1 aromatic rings. The molecule has 0 aromatic carbocycles. The zero-order chi connectivity index (χ0) is 14.6. The van der Waals surface area contributed by atoms with Crippen LogP contribution in [0.1, 0.15) is 32.9 Å². The number of halogens is 1. The van der Waals surface area contributed by atoms with Gasteiger partial charge in [-0.15, -0.1) is 0 Å². The number of hydrogen-bond donors (Lipinski definition) is 2. The first-order valence-electron chi connectivity index (χ1n) is 6.37. The first-order valence-corrected chi connectivity index (χ1v) is 7.16. The fourth-order valence-corrected chi connectivity index (χ4v) is 2.32. The average Bonchev–Trinajstić information content (AvgIpc) is 2.28. The predicted octanol–water partition coefficient (Wildman–Crippen LogP) is 3.10. The molecule has 1 unspecified atom stereocenters. The van der Waals surface area contributed by atoms with Crippen LogP contribution in [0.2, 0.25) is 0 Å². The number of nitrogens with two attached hydrogens (primary N) is 1. The van der Waals surface area contributed by atoms with Gasteiger partial charge >= 0.3 is 0 Å². The molecule has 5 heteroatoms. The number of anilines is 1. The summed E-state index contributed by atoms with van der Waals surface area (Å²) >= 11 is 3.30. The molecule has 0 spiro atoms. The maximum atomic E-state index is 12.2. The minimum atomic E-state index is -0.178. The van der Waals surface area contributed by atoms with Gasteiger partial charge in [-0.25, -0.2) is 4.98 Å². The number of carbonyl (C=O) groups is 1.